The number of anilines is 1. The Morgan fingerprint density at radius 1 is 1.07 bits per heavy atom. The highest BCUT2D eigenvalue weighted by atomic mass is 32.2. The number of carbonyl (C=O) groups is 1. The van der Waals surface area contributed by atoms with Crippen molar-refractivity contribution < 1.29 is 26.0 Å². The summed E-state index contributed by atoms with van der Waals surface area (Å²) in [5.74, 6) is -1.27. The van der Waals surface area contributed by atoms with Crippen molar-refractivity contribution in [3.63, 3.8) is 0 Å². The lowest BCUT2D eigenvalue weighted by molar-refractivity contribution is 0.0942. The first-order chi connectivity index (χ1) is 12.7. The number of nitrogens with one attached hydrogen (secondary N) is 2. The lowest BCUT2D eigenvalue weighted by Gasteiger charge is -2.15. The first-order valence-electron chi connectivity index (χ1n) is 8.05. The number of hydrogen-bond acceptors (Lipinski definition) is 5. The van der Waals surface area contributed by atoms with Crippen LogP contribution in [0.2, 0.25) is 0 Å². The predicted octanol–water partition coefficient (Wildman–Crippen LogP) is 1.54. The minimum Gasteiger partial charge on any atom is -0.348 e. The monoisotopic (exact) mass is 412 g/mol. The molecule has 0 saturated carbocycles. The van der Waals surface area contributed by atoms with Crippen molar-refractivity contribution in [3.8, 4) is 0 Å². The fourth-order valence-electron chi connectivity index (χ4n) is 2.76. The maximum atomic E-state index is 13.0. The molecule has 0 spiro atoms. The summed E-state index contributed by atoms with van der Waals surface area (Å²) in [5, 5.41) is 2.62. The molecule has 0 aromatic heterocycles. The van der Waals surface area contributed by atoms with Gasteiger partial charge in [-0.1, -0.05) is 12.1 Å². The molecule has 1 atom stereocenters. The van der Waals surface area contributed by atoms with E-state index >= 15 is 0 Å². The van der Waals surface area contributed by atoms with Crippen LogP contribution in [0.5, 0.6) is 0 Å². The van der Waals surface area contributed by atoms with Crippen LogP contribution in [-0.2, 0) is 19.9 Å². The number of para-hydroxylation sites is 1. The maximum absolute atomic E-state index is 13.0. The molecule has 2 aromatic carbocycles. The summed E-state index contributed by atoms with van der Waals surface area (Å²) in [5.41, 5.74) is 0.104. The third kappa shape index (κ3) is 4.64. The molecule has 1 aliphatic rings. The van der Waals surface area contributed by atoms with Crippen LogP contribution in [0.15, 0.2) is 53.4 Å². The molecule has 144 valence electrons. The fraction of sp³-hybridized carbons (Fsp3) is 0.235. The zero-order valence-corrected chi connectivity index (χ0v) is 15.7. The maximum Gasteiger partial charge on any atom is 0.261 e. The van der Waals surface area contributed by atoms with Gasteiger partial charge in [0.15, 0.2) is 9.84 Å². The van der Waals surface area contributed by atoms with E-state index in [0.717, 1.165) is 24.3 Å². The van der Waals surface area contributed by atoms with Gasteiger partial charge >= 0.3 is 0 Å². The van der Waals surface area contributed by atoms with Gasteiger partial charge in [0.1, 0.15) is 5.82 Å². The second-order valence-electron chi connectivity index (χ2n) is 6.18. The topological polar surface area (TPSA) is 109 Å². The summed E-state index contributed by atoms with van der Waals surface area (Å²) in [6.07, 6.45) is 0.317. The molecular formula is C17H17FN2O5S2. The Hall–Kier alpha value is -2.46. The van der Waals surface area contributed by atoms with Crippen molar-refractivity contribution in [2.75, 3.05) is 16.2 Å². The van der Waals surface area contributed by atoms with E-state index in [1.807, 2.05) is 0 Å². The average Bonchev–Trinajstić information content (AvgIpc) is 2.94. The van der Waals surface area contributed by atoms with E-state index in [1.165, 1.54) is 12.1 Å². The number of sulfonamides is 1. The summed E-state index contributed by atoms with van der Waals surface area (Å²) < 4.78 is 63.3. The Kier molecular flexibility index (Phi) is 5.20. The molecule has 0 bridgehead atoms. The summed E-state index contributed by atoms with van der Waals surface area (Å²) >= 11 is 0. The molecule has 2 N–H and O–H groups in total. The SMILES string of the molecule is O=C(NC1CCS(=O)(=O)C1)c1ccccc1NS(=O)(=O)c1ccc(F)cc1. The minimum absolute atomic E-state index is 0.0107. The van der Waals surface area contributed by atoms with E-state index in [1.54, 1.807) is 12.1 Å². The summed E-state index contributed by atoms with van der Waals surface area (Å²) in [6.45, 7) is 0. The number of hydrogen-bond donors (Lipinski definition) is 2. The van der Waals surface area contributed by atoms with Crippen LogP contribution in [0.3, 0.4) is 0 Å². The first kappa shape index (κ1) is 19.3. The molecule has 1 heterocycles. The molecule has 1 aliphatic heterocycles. The molecule has 7 nitrogen and oxygen atoms in total. The van der Waals surface area contributed by atoms with Gasteiger partial charge in [-0.25, -0.2) is 21.2 Å². The lowest BCUT2D eigenvalue weighted by Crippen LogP contribution is -2.36. The number of amides is 1. The largest absolute Gasteiger partial charge is 0.348 e. The van der Waals surface area contributed by atoms with Crippen LogP contribution in [-0.4, -0.2) is 40.3 Å². The molecule has 1 fully saturated rings. The lowest BCUT2D eigenvalue weighted by atomic mass is 10.1. The molecule has 2 aromatic rings. The fourth-order valence-corrected chi connectivity index (χ4v) is 5.51. The van der Waals surface area contributed by atoms with Crippen LogP contribution in [0.4, 0.5) is 10.1 Å². The van der Waals surface area contributed by atoms with Crippen molar-refractivity contribution >= 4 is 31.5 Å². The zero-order chi connectivity index (χ0) is 19.7. The summed E-state index contributed by atoms with van der Waals surface area (Å²) in [6, 6.07) is 9.73. The zero-order valence-electron chi connectivity index (χ0n) is 14.1. The van der Waals surface area contributed by atoms with Crippen molar-refractivity contribution in [1.29, 1.82) is 0 Å². The summed E-state index contributed by atoms with van der Waals surface area (Å²) in [7, 11) is -7.18. The molecule has 1 saturated heterocycles. The Balaban J connectivity index is 1.81. The third-order valence-corrected chi connectivity index (χ3v) is 7.26. The molecule has 3 rings (SSSR count). The second-order valence-corrected chi connectivity index (χ2v) is 10.1. The van der Waals surface area contributed by atoms with Crippen molar-refractivity contribution in [3.05, 3.63) is 59.9 Å². The molecule has 10 heteroatoms. The van der Waals surface area contributed by atoms with E-state index in [9.17, 15) is 26.0 Å². The quantitative estimate of drug-likeness (QED) is 0.774. The number of halogens is 1. The Bertz CT molecular complexity index is 1070. The standard InChI is InChI=1S/C17H17FN2O5S2/c18-12-5-7-14(8-6-12)27(24,25)20-16-4-2-1-3-15(16)17(21)19-13-9-10-26(22,23)11-13/h1-8,13,20H,9-11H2,(H,19,21). The molecule has 1 amide bonds. The van der Waals surface area contributed by atoms with Gasteiger partial charge in [0, 0.05) is 6.04 Å². The summed E-state index contributed by atoms with van der Waals surface area (Å²) in [4.78, 5) is 12.4. The molecule has 0 aliphatic carbocycles. The highest BCUT2D eigenvalue weighted by molar-refractivity contribution is 7.92. The van der Waals surface area contributed by atoms with Crippen molar-refractivity contribution in [2.45, 2.75) is 17.4 Å². The first-order valence-corrected chi connectivity index (χ1v) is 11.4. The van der Waals surface area contributed by atoms with Crippen molar-refractivity contribution in [1.82, 2.24) is 5.32 Å². The van der Waals surface area contributed by atoms with E-state index in [2.05, 4.69) is 10.0 Å². The predicted molar refractivity (Wildman–Crippen MR) is 98.2 cm³/mol. The number of carbonyl (C=O) groups excluding carboxylic acids is 1. The molecule has 1 unspecified atom stereocenters. The molecule has 0 radical (unpaired) electrons. The van der Waals surface area contributed by atoms with E-state index in [0.29, 0.717) is 6.42 Å². The average molecular weight is 412 g/mol. The smallest absolute Gasteiger partial charge is 0.261 e. The van der Waals surface area contributed by atoms with E-state index in [4.69, 9.17) is 0 Å². The van der Waals surface area contributed by atoms with E-state index in [-0.39, 0.29) is 27.7 Å². The van der Waals surface area contributed by atoms with Crippen LogP contribution in [0, 0.1) is 5.82 Å². The van der Waals surface area contributed by atoms with Crippen LogP contribution >= 0.6 is 0 Å². The number of rotatable bonds is 5. The van der Waals surface area contributed by atoms with E-state index < -0.39 is 37.6 Å². The Labute approximate surface area is 156 Å². The van der Waals surface area contributed by atoms with Crippen LogP contribution < -0.4 is 10.0 Å². The van der Waals surface area contributed by atoms with Gasteiger partial charge in [0.2, 0.25) is 0 Å². The van der Waals surface area contributed by atoms with Crippen molar-refractivity contribution in [2.24, 2.45) is 0 Å². The van der Waals surface area contributed by atoms with Gasteiger partial charge in [0.05, 0.1) is 27.7 Å². The minimum atomic E-state index is -4.02. The van der Waals surface area contributed by atoms with Gasteiger partial charge in [0.25, 0.3) is 15.9 Å². The van der Waals surface area contributed by atoms with Gasteiger partial charge < -0.3 is 5.32 Å². The molecular weight excluding hydrogens is 395 g/mol. The normalized spacial score (nSPS) is 18.8. The highest BCUT2D eigenvalue weighted by Crippen LogP contribution is 2.21. The number of sulfone groups is 1. The highest BCUT2D eigenvalue weighted by Gasteiger charge is 2.29. The van der Waals surface area contributed by atoms with Gasteiger partial charge in [-0.05, 0) is 42.8 Å². The van der Waals surface area contributed by atoms with Gasteiger partial charge in [-0.2, -0.15) is 0 Å². The van der Waals surface area contributed by atoms with Gasteiger partial charge in [-0.3, -0.25) is 9.52 Å². The Morgan fingerprint density at radius 3 is 2.37 bits per heavy atom. The van der Waals surface area contributed by atoms with Crippen LogP contribution in [0.25, 0.3) is 0 Å². The van der Waals surface area contributed by atoms with Crippen LogP contribution in [0.1, 0.15) is 16.8 Å². The second kappa shape index (κ2) is 7.28. The Morgan fingerprint density at radius 2 is 1.74 bits per heavy atom. The third-order valence-electron chi connectivity index (χ3n) is 4.11. The van der Waals surface area contributed by atoms with Gasteiger partial charge in [-0.15, -0.1) is 0 Å². The molecule has 27 heavy (non-hydrogen) atoms. The number of benzene rings is 2.